The zero-order chi connectivity index (χ0) is 15.0. The molecule has 1 aliphatic heterocycles. The molecule has 1 amide bonds. The predicted octanol–water partition coefficient (Wildman–Crippen LogP) is 3.70. The number of carbonyl (C=O) groups excluding carboxylic acids is 1. The number of furan rings is 1. The van der Waals surface area contributed by atoms with Gasteiger partial charge in [-0.25, -0.2) is 0 Å². The van der Waals surface area contributed by atoms with E-state index in [2.05, 4.69) is 0 Å². The second kappa shape index (κ2) is 5.38. The van der Waals surface area contributed by atoms with Crippen LogP contribution in [0, 0.1) is 6.92 Å². The van der Waals surface area contributed by atoms with Crippen LogP contribution in [0.2, 0.25) is 0 Å². The molecule has 3 rings (SSSR count). The van der Waals surface area contributed by atoms with Crippen LogP contribution in [0.1, 0.15) is 11.5 Å². The van der Waals surface area contributed by atoms with Gasteiger partial charge in [-0.1, -0.05) is 30.0 Å². The Balaban J connectivity index is 1.94. The van der Waals surface area contributed by atoms with Crippen LogP contribution in [0.5, 0.6) is 5.75 Å². The van der Waals surface area contributed by atoms with Crippen molar-refractivity contribution in [1.82, 2.24) is 0 Å². The summed E-state index contributed by atoms with van der Waals surface area (Å²) in [5, 5.41) is 9.53. The zero-order valence-corrected chi connectivity index (χ0v) is 12.7. The number of benzene rings is 1. The quantitative estimate of drug-likeness (QED) is 0.676. The van der Waals surface area contributed by atoms with Crippen molar-refractivity contribution in [3.8, 4) is 5.75 Å². The van der Waals surface area contributed by atoms with E-state index < -0.39 is 0 Å². The Hall–Kier alpha value is -2.05. The Labute approximate surface area is 131 Å². The number of carbonyl (C=O) groups is 1. The van der Waals surface area contributed by atoms with E-state index >= 15 is 0 Å². The molecule has 1 aromatic carbocycles. The van der Waals surface area contributed by atoms with E-state index in [1.54, 1.807) is 30.3 Å². The number of anilines is 1. The molecule has 0 unspecified atom stereocenters. The van der Waals surface area contributed by atoms with Gasteiger partial charge in [-0.15, -0.1) is 0 Å². The van der Waals surface area contributed by atoms with E-state index in [0.29, 0.717) is 20.7 Å². The summed E-state index contributed by atoms with van der Waals surface area (Å²) in [4.78, 5) is 14.4. The molecule has 0 spiro atoms. The molecule has 2 heterocycles. The Morgan fingerprint density at radius 1 is 1.33 bits per heavy atom. The first-order valence-electron chi connectivity index (χ1n) is 6.18. The van der Waals surface area contributed by atoms with Crippen LogP contribution < -0.4 is 4.90 Å². The summed E-state index contributed by atoms with van der Waals surface area (Å²) in [7, 11) is 0. The topological polar surface area (TPSA) is 53.7 Å². The van der Waals surface area contributed by atoms with Crippen molar-refractivity contribution in [2.75, 3.05) is 4.90 Å². The van der Waals surface area contributed by atoms with Crippen molar-refractivity contribution in [3.05, 3.63) is 52.8 Å². The second-order valence-electron chi connectivity index (χ2n) is 4.49. The molecule has 1 N–H and O–H groups in total. The third-order valence-electron chi connectivity index (χ3n) is 2.92. The maximum Gasteiger partial charge on any atom is 0.270 e. The minimum atomic E-state index is -0.218. The fourth-order valence-corrected chi connectivity index (χ4v) is 3.26. The number of aryl methyl sites for hydroxylation is 1. The second-order valence-corrected chi connectivity index (χ2v) is 6.16. The lowest BCUT2D eigenvalue weighted by Crippen LogP contribution is -2.27. The largest absolute Gasteiger partial charge is 0.508 e. The van der Waals surface area contributed by atoms with E-state index in [1.807, 2.05) is 13.0 Å². The van der Waals surface area contributed by atoms with E-state index in [-0.39, 0.29) is 11.7 Å². The molecule has 106 valence electrons. The lowest BCUT2D eigenvalue weighted by atomic mass is 10.2. The number of thioether (sulfide) groups is 1. The average Bonchev–Trinajstić information content (AvgIpc) is 2.94. The van der Waals surface area contributed by atoms with E-state index in [0.717, 1.165) is 5.76 Å². The molecular formula is C15H11NO3S2. The molecule has 21 heavy (non-hydrogen) atoms. The van der Waals surface area contributed by atoms with Crippen LogP contribution >= 0.6 is 24.0 Å². The van der Waals surface area contributed by atoms with Crippen molar-refractivity contribution < 1.29 is 14.3 Å². The maximum absolute atomic E-state index is 12.5. The smallest absolute Gasteiger partial charge is 0.270 e. The summed E-state index contributed by atoms with van der Waals surface area (Å²) in [6, 6.07) is 10.1. The third-order valence-corrected chi connectivity index (χ3v) is 4.22. The Kier molecular flexibility index (Phi) is 3.57. The van der Waals surface area contributed by atoms with Crippen LogP contribution in [-0.4, -0.2) is 15.3 Å². The van der Waals surface area contributed by atoms with Crippen LogP contribution in [-0.2, 0) is 4.79 Å². The number of thiocarbonyl (C=S) groups is 1. The summed E-state index contributed by atoms with van der Waals surface area (Å²) in [6.07, 6.45) is 1.68. The van der Waals surface area contributed by atoms with Crippen molar-refractivity contribution >= 4 is 46.0 Å². The highest BCUT2D eigenvalue weighted by atomic mass is 32.2. The van der Waals surface area contributed by atoms with Gasteiger partial charge in [0.2, 0.25) is 0 Å². The average molecular weight is 317 g/mol. The monoisotopic (exact) mass is 317 g/mol. The lowest BCUT2D eigenvalue weighted by Gasteiger charge is -2.14. The molecule has 2 aromatic rings. The molecule has 1 fully saturated rings. The van der Waals surface area contributed by atoms with Gasteiger partial charge in [0, 0.05) is 12.1 Å². The lowest BCUT2D eigenvalue weighted by molar-refractivity contribution is -0.113. The Morgan fingerprint density at radius 3 is 2.81 bits per heavy atom. The molecule has 0 atom stereocenters. The van der Waals surface area contributed by atoms with Crippen LogP contribution in [0.15, 0.2) is 45.7 Å². The third kappa shape index (κ3) is 2.72. The van der Waals surface area contributed by atoms with Gasteiger partial charge in [-0.3, -0.25) is 9.69 Å². The van der Waals surface area contributed by atoms with Crippen LogP contribution in [0.4, 0.5) is 5.69 Å². The molecule has 1 saturated heterocycles. The molecule has 0 bridgehead atoms. The molecule has 4 nitrogen and oxygen atoms in total. The number of hydrogen-bond donors (Lipinski definition) is 1. The van der Waals surface area contributed by atoms with Gasteiger partial charge < -0.3 is 9.52 Å². The van der Waals surface area contributed by atoms with E-state index in [9.17, 15) is 9.90 Å². The minimum absolute atomic E-state index is 0.0900. The first-order valence-corrected chi connectivity index (χ1v) is 7.40. The highest BCUT2D eigenvalue weighted by Crippen LogP contribution is 2.36. The summed E-state index contributed by atoms with van der Waals surface area (Å²) in [5.74, 6) is 1.27. The maximum atomic E-state index is 12.5. The number of rotatable bonds is 2. The number of aromatic hydroxyl groups is 1. The Bertz CT molecular complexity index is 764. The number of amides is 1. The fourth-order valence-electron chi connectivity index (χ4n) is 1.98. The molecule has 1 aliphatic rings. The first-order chi connectivity index (χ1) is 10.0. The molecular weight excluding hydrogens is 306 g/mol. The number of phenols is 1. The van der Waals surface area contributed by atoms with Gasteiger partial charge in [-0.2, -0.15) is 0 Å². The first kappa shape index (κ1) is 13.9. The normalized spacial score (nSPS) is 17.0. The van der Waals surface area contributed by atoms with Crippen molar-refractivity contribution in [3.63, 3.8) is 0 Å². The Morgan fingerprint density at radius 2 is 2.14 bits per heavy atom. The summed E-state index contributed by atoms with van der Waals surface area (Å²) in [6.45, 7) is 1.84. The van der Waals surface area contributed by atoms with Crippen LogP contribution in [0.25, 0.3) is 6.08 Å². The summed E-state index contributed by atoms with van der Waals surface area (Å²) < 4.78 is 5.88. The van der Waals surface area contributed by atoms with Gasteiger partial charge in [-0.05, 0) is 31.2 Å². The summed E-state index contributed by atoms with van der Waals surface area (Å²) in [5.41, 5.74) is 0.552. The van der Waals surface area contributed by atoms with E-state index in [1.165, 1.54) is 22.7 Å². The van der Waals surface area contributed by atoms with Crippen molar-refractivity contribution in [2.45, 2.75) is 6.92 Å². The van der Waals surface area contributed by atoms with Crippen LogP contribution in [0.3, 0.4) is 0 Å². The fraction of sp³-hybridized carbons (Fsp3) is 0.0667. The van der Waals surface area contributed by atoms with Gasteiger partial charge in [0.25, 0.3) is 5.91 Å². The highest BCUT2D eigenvalue weighted by Gasteiger charge is 2.33. The SMILES string of the molecule is Cc1ccc(C=C2SC(=S)N(c3cccc(O)c3)C2=O)o1. The molecule has 1 aromatic heterocycles. The number of hydrogen-bond acceptors (Lipinski definition) is 5. The highest BCUT2D eigenvalue weighted by molar-refractivity contribution is 8.27. The van der Waals surface area contributed by atoms with Gasteiger partial charge >= 0.3 is 0 Å². The number of phenolic OH excluding ortho intramolecular Hbond substituents is 1. The van der Waals surface area contributed by atoms with Crippen molar-refractivity contribution in [2.24, 2.45) is 0 Å². The summed E-state index contributed by atoms with van der Waals surface area (Å²) >= 11 is 6.47. The molecule has 0 aliphatic carbocycles. The molecule has 6 heteroatoms. The van der Waals surface area contributed by atoms with E-state index in [4.69, 9.17) is 16.6 Å². The predicted molar refractivity (Wildman–Crippen MR) is 87.2 cm³/mol. The molecule has 0 saturated carbocycles. The standard InChI is InChI=1S/C15H11NO3S2/c1-9-5-6-12(19-9)8-13-14(18)16(15(20)21-13)10-3-2-4-11(17)7-10/h2-8,17H,1H3. The van der Waals surface area contributed by atoms with Crippen molar-refractivity contribution in [1.29, 1.82) is 0 Å². The van der Waals surface area contributed by atoms with Gasteiger partial charge in [0.15, 0.2) is 4.32 Å². The minimum Gasteiger partial charge on any atom is -0.508 e. The zero-order valence-electron chi connectivity index (χ0n) is 11.1. The van der Waals surface area contributed by atoms with Gasteiger partial charge in [0.1, 0.15) is 17.3 Å². The van der Waals surface area contributed by atoms with Gasteiger partial charge in [0.05, 0.1) is 10.6 Å². The number of nitrogens with zero attached hydrogens (tertiary/aromatic N) is 1. The molecule has 0 radical (unpaired) electrons.